The van der Waals surface area contributed by atoms with Crippen molar-refractivity contribution >= 4 is 39.9 Å². The van der Waals surface area contributed by atoms with E-state index in [2.05, 4.69) is 15.4 Å². The molecule has 3 heterocycles. The second-order valence-electron chi connectivity index (χ2n) is 15.7. The van der Waals surface area contributed by atoms with Gasteiger partial charge in [-0.3, -0.25) is 19.3 Å². The number of carbonyl (C=O) groups excluding carboxylic acids is 5. The van der Waals surface area contributed by atoms with Crippen LogP contribution in [-0.2, 0) is 47.0 Å². The minimum atomic E-state index is -4.32. The summed E-state index contributed by atoms with van der Waals surface area (Å²) in [6.07, 6.45) is 4.50. The van der Waals surface area contributed by atoms with Crippen LogP contribution >= 0.6 is 0 Å². The highest BCUT2D eigenvalue weighted by atomic mass is 32.2. The third kappa shape index (κ3) is 8.85. The predicted molar refractivity (Wildman–Crippen MR) is 202 cm³/mol. The zero-order chi connectivity index (χ0) is 40.4. The zero-order valence-electron chi connectivity index (χ0n) is 32.1. The number of allylic oxidation sites excluding steroid dienone is 1. The molecule has 3 N–H and O–H groups in total. The number of hydrogen-bond acceptors (Lipinski definition) is 9. The highest BCUT2D eigenvalue weighted by Crippen LogP contribution is 2.46. The fourth-order valence-electron chi connectivity index (χ4n) is 7.51. The maximum atomic E-state index is 14.5. The largest absolute Gasteiger partial charge is 0.444 e. The molecule has 0 spiro atoms. The van der Waals surface area contributed by atoms with Crippen molar-refractivity contribution in [3.63, 3.8) is 0 Å². The van der Waals surface area contributed by atoms with Crippen LogP contribution in [0.2, 0.25) is 0 Å². The van der Waals surface area contributed by atoms with Crippen LogP contribution in [0.15, 0.2) is 59.5 Å². The fourth-order valence-corrected chi connectivity index (χ4v) is 8.80. The number of rotatable bonds is 7. The quantitative estimate of drug-likeness (QED) is 0.334. The van der Waals surface area contributed by atoms with Crippen LogP contribution in [0, 0.1) is 18.7 Å². The van der Waals surface area contributed by atoms with Gasteiger partial charge in [-0.15, -0.1) is 0 Å². The Morgan fingerprint density at radius 3 is 2.55 bits per heavy atom. The fraction of sp³-hybridized carbons (Fsp3) is 0.525. The van der Waals surface area contributed by atoms with Gasteiger partial charge in [-0.2, -0.15) is 0 Å². The highest BCUT2D eigenvalue weighted by Gasteiger charge is 2.62. The van der Waals surface area contributed by atoms with Gasteiger partial charge in [0.25, 0.3) is 15.9 Å². The number of alkyl carbamates (subject to hydrolysis) is 1. The molecule has 2 fully saturated rings. The van der Waals surface area contributed by atoms with Crippen LogP contribution in [0.3, 0.4) is 0 Å². The van der Waals surface area contributed by atoms with Gasteiger partial charge < -0.3 is 25.0 Å². The average molecular weight is 796 g/mol. The minimum absolute atomic E-state index is 0.0136. The van der Waals surface area contributed by atoms with Gasteiger partial charge in [0, 0.05) is 24.4 Å². The van der Waals surface area contributed by atoms with E-state index in [1.54, 1.807) is 57.2 Å². The molecule has 5 amide bonds. The Morgan fingerprint density at radius 2 is 1.82 bits per heavy atom. The Kier molecular flexibility index (Phi) is 11.8. The van der Waals surface area contributed by atoms with Crippen molar-refractivity contribution in [2.75, 3.05) is 6.54 Å². The molecule has 2 aromatic carbocycles. The summed E-state index contributed by atoms with van der Waals surface area (Å²) in [7, 11) is -4.32. The Hall–Kier alpha value is -4.99. The number of sulfonamides is 1. The molecule has 6 rings (SSSR count). The lowest BCUT2D eigenvalue weighted by atomic mass is 10.0. The molecule has 0 aromatic heterocycles. The number of fused-ring (bicyclic) bond motifs is 3. The number of ether oxygens (including phenoxy) is 2. The smallest absolute Gasteiger partial charge is 0.410 e. The summed E-state index contributed by atoms with van der Waals surface area (Å²) in [6.45, 7) is 6.85. The first-order valence-electron chi connectivity index (χ1n) is 19.2. The van der Waals surface area contributed by atoms with E-state index < -0.39 is 81.0 Å². The van der Waals surface area contributed by atoms with E-state index in [-0.39, 0.29) is 43.8 Å². The van der Waals surface area contributed by atoms with Gasteiger partial charge >= 0.3 is 12.2 Å². The molecular formula is C40H50FN5O9S. The Bertz CT molecular complexity index is 2020. The summed E-state index contributed by atoms with van der Waals surface area (Å²) >= 11 is 0. The highest BCUT2D eigenvalue weighted by molar-refractivity contribution is 7.90. The third-order valence-corrected chi connectivity index (χ3v) is 12.7. The van der Waals surface area contributed by atoms with Crippen molar-refractivity contribution in [1.82, 2.24) is 25.2 Å². The van der Waals surface area contributed by atoms with Crippen molar-refractivity contribution in [2.45, 2.75) is 126 Å². The first kappa shape index (κ1) is 40.7. The number of hydrogen-bond donors (Lipinski definition) is 3. The first-order valence-corrected chi connectivity index (χ1v) is 20.7. The van der Waals surface area contributed by atoms with E-state index in [0.717, 1.165) is 6.42 Å². The van der Waals surface area contributed by atoms with Gasteiger partial charge in [0.1, 0.15) is 35.1 Å². The normalized spacial score (nSPS) is 26.0. The standard InChI is InChI=1S/C40H50FN5O9S/c1-5-39(3,4)55-37(50)42-31-18-10-8-6-7-9-16-27-21-40(27,36(49)44-56(52,53)33-19-12-11-14-25(33)2)43-34(47)32-20-28(23-46(32)35(31)48)54-38(51)45-22-26-15-13-17-30(41)29(26)24-45/h9,11-17,19,27-28,31-32H,5-8,10,18,20-24H2,1-4H3,(H,42,50)(H,43,47)(H,44,49)/b16-9-/t27-,28+,31-,32-,40-/m0/s1. The molecular weight excluding hydrogens is 746 g/mol. The first-order chi connectivity index (χ1) is 26.5. The van der Waals surface area contributed by atoms with E-state index in [9.17, 15) is 36.8 Å². The summed E-state index contributed by atoms with van der Waals surface area (Å²) in [4.78, 5) is 71.8. The molecule has 16 heteroatoms. The molecule has 0 bridgehead atoms. The third-order valence-electron chi connectivity index (χ3n) is 11.2. The monoisotopic (exact) mass is 795 g/mol. The maximum Gasteiger partial charge on any atom is 0.410 e. The van der Waals surface area contributed by atoms with E-state index in [4.69, 9.17) is 9.47 Å². The molecule has 2 aromatic rings. The lowest BCUT2D eigenvalue weighted by molar-refractivity contribution is -0.141. The lowest BCUT2D eigenvalue weighted by Gasteiger charge is -2.30. The molecule has 5 atom stereocenters. The molecule has 1 aliphatic carbocycles. The van der Waals surface area contributed by atoms with Gasteiger partial charge in [0.2, 0.25) is 11.8 Å². The number of halogens is 1. The molecule has 302 valence electrons. The molecule has 4 aliphatic rings. The number of nitrogens with one attached hydrogen (secondary N) is 3. The van der Waals surface area contributed by atoms with Crippen molar-refractivity contribution in [1.29, 1.82) is 0 Å². The van der Waals surface area contributed by atoms with E-state index in [1.165, 1.54) is 21.9 Å². The number of amides is 5. The van der Waals surface area contributed by atoms with Crippen molar-refractivity contribution in [3.05, 3.63) is 77.1 Å². The Morgan fingerprint density at radius 1 is 1.05 bits per heavy atom. The van der Waals surface area contributed by atoms with Crippen molar-refractivity contribution < 1.29 is 46.3 Å². The van der Waals surface area contributed by atoms with Crippen LogP contribution in [0.5, 0.6) is 0 Å². The van der Waals surface area contributed by atoms with Gasteiger partial charge in [-0.25, -0.2) is 27.1 Å². The molecule has 1 saturated heterocycles. The number of aryl methyl sites for hydroxylation is 1. The van der Waals surface area contributed by atoms with Gasteiger partial charge in [-0.1, -0.05) is 62.2 Å². The van der Waals surface area contributed by atoms with Crippen LogP contribution < -0.4 is 15.4 Å². The van der Waals surface area contributed by atoms with E-state index in [0.29, 0.717) is 42.4 Å². The Labute approximate surface area is 326 Å². The van der Waals surface area contributed by atoms with Gasteiger partial charge in [0.15, 0.2) is 0 Å². The van der Waals surface area contributed by atoms with Crippen molar-refractivity contribution in [3.8, 4) is 0 Å². The zero-order valence-corrected chi connectivity index (χ0v) is 33.0. The number of nitrogens with zero attached hydrogens (tertiary/aromatic N) is 2. The van der Waals surface area contributed by atoms with Crippen LogP contribution in [0.4, 0.5) is 14.0 Å². The predicted octanol–water partition coefficient (Wildman–Crippen LogP) is 4.74. The van der Waals surface area contributed by atoms with Crippen LogP contribution in [-0.4, -0.2) is 84.0 Å². The number of carbonyl (C=O) groups is 5. The summed E-state index contributed by atoms with van der Waals surface area (Å²) in [5.41, 5.74) is -1.01. The average Bonchev–Trinajstić information content (AvgIpc) is 3.43. The molecule has 14 nitrogen and oxygen atoms in total. The summed E-state index contributed by atoms with van der Waals surface area (Å²) < 4.78 is 54.9. The van der Waals surface area contributed by atoms with Crippen LogP contribution in [0.25, 0.3) is 0 Å². The van der Waals surface area contributed by atoms with Crippen LogP contribution in [0.1, 0.15) is 88.8 Å². The molecule has 0 unspecified atom stereocenters. The summed E-state index contributed by atoms with van der Waals surface area (Å²) in [5, 5.41) is 5.50. The molecule has 0 radical (unpaired) electrons. The summed E-state index contributed by atoms with van der Waals surface area (Å²) in [6, 6.07) is 8.44. The summed E-state index contributed by atoms with van der Waals surface area (Å²) in [5.74, 6) is -3.26. The van der Waals surface area contributed by atoms with E-state index >= 15 is 0 Å². The lowest BCUT2D eigenvalue weighted by Crippen LogP contribution is -2.58. The second-order valence-corrected chi connectivity index (χ2v) is 17.4. The van der Waals surface area contributed by atoms with Gasteiger partial charge in [0.05, 0.1) is 18.0 Å². The van der Waals surface area contributed by atoms with Crippen molar-refractivity contribution in [2.24, 2.45) is 5.92 Å². The molecule has 1 saturated carbocycles. The van der Waals surface area contributed by atoms with E-state index in [1.807, 2.05) is 13.0 Å². The molecule has 3 aliphatic heterocycles. The topological polar surface area (TPSA) is 181 Å². The maximum absolute atomic E-state index is 14.5. The number of benzene rings is 2. The Balaban J connectivity index is 1.27. The minimum Gasteiger partial charge on any atom is -0.444 e. The second kappa shape index (κ2) is 16.2. The van der Waals surface area contributed by atoms with Gasteiger partial charge in [-0.05, 0) is 76.1 Å². The molecule has 56 heavy (non-hydrogen) atoms. The SMILES string of the molecule is CCC(C)(C)OC(=O)N[C@H]1CCCCC/C=C\[C@H]2C[C@]2(C(=O)NS(=O)(=O)c2ccccc2C)NC(=O)[C@@H]2C[C@@H](OC(=O)N3Cc4cccc(F)c4C3)CN2C1=O.